The Balaban J connectivity index is 1.17. The molecule has 1 aromatic rings. The summed E-state index contributed by atoms with van der Waals surface area (Å²) in [6.45, 7) is 0.879. The van der Waals surface area contributed by atoms with Crippen molar-refractivity contribution in [2.75, 3.05) is 13.2 Å². The maximum atomic E-state index is 12.1. The van der Waals surface area contributed by atoms with Crippen LogP contribution in [0.25, 0.3) is 0 Å². The number of fused-ring (bicyclic) bond motifs is 1. The number of hydrogen-bond acceptors (Lipinski definition) is 4. The molecule has 0 amide bonds. The third-order valence-electron chi connectivity index (χ3n) is 7.45. The monoisotopic (exact) mass is 369 g/mol. The van der Waals surface area contributed by atoms with Crippen LogP contribution in [-0.4, -0.2) is 35.7 Å². The highest BCUT2D eigenvalue weighted by Gasteiger charge is 2.50. The van der Waals surface area contributed by atoms with Crippen LogP contribution in [0.5, 0.6) is 5.75 Å². The van der Waals surface area contributed by atoms with Gasteiger partial charge < -0.3 is 15.2 Å². The maximum absolute atomic E-state index is 12.1. The molecule has 4 fully saturated rings. The van der Waals surface area contributed by atoms with E-state index in [1.165, 1.54) is 38.5 Å². The van der Waals surface area contributed by atoms with Crippen LogP contribution in [0.3, 0.4) is 0 Å². The van der Waals surface area contributed by atoms with Crippen molar-refractivity contribution < 1.29 is 14.6 Å². The average molecular weight is 370 g/mol. The van der Waals surface area contributed by atoms with E-state index in [9.17, 15) is 9.90 Å². The third-order valence-corrected chi connectivity index (χ3v) is 7.45. The predicted octanol–water partition coefficient (Wildman–Crippen LogP) is 3.50. The fourth-order valence-corrected chi connectivity index (χ4v) is 6.69. The minimum atomic E-state index is -0.520. The third kappa shape index (κ3) is 3.42. The zero-order valence-electron chi connectivity index (χ0n) is 16.1. The summed E-state index contributed by atoms with van der Waals surface area (Å²) in [6.07, 6.45) is 10.1. The molecule has 0 aromatic heterocycles. The van der Waals surface area contributed by atoms with Gasteiger partial charge in [0.1, 0.15) is 18.5 Å². The lowest BCUT2D eigenvalue weighted by Gasteiger charge is -2.57. The minimum absolute atomic E-state index is 0.214. The van der Waals surface area contributed by atoms with E-state index in [1.54, 1.807) is 0 Å². The van der Waals surface area contributed by atoms with E-state index < -0.39 is 6.10 Å². The number of rotatable bonds is 6. The largest absolute Gasteiger partial charge is 0.491 e. The van der Waals surface area contributed by atoms with Crippen LogP contribution in [-0.2, 0) is 6.42 Å². The van der Waals surface area contributed by atoms with Crippen LogP contribution in [0.15, 0.2) is 18.2 Å². The first-order chi connectivity index (χ1) is 13.1. The summed E-state index contributed by atoms with van der Waals surface area (Å²) in [6, 6.07) is 5.71. The Morgan fingerprint density at radius 2 is 1.81 bits per heavy atom. The number of ketones is 1. The SMILES string of the molecule is O=C1CCCc2c(OC[C@H](O)CNC34CC5CC(CC(C5)C3)C4)cccc21. The molecule has 6 rings (SSSR count). The van der Waals surface area contributed by atoms with Crippen molar-refractivity contribution in [2.24, 2.45) is 17.8 Å². The maximum Gasteiger partial charge on any atom is 0.163 e. The van der Waals surface area contributed by atoms with E-state index in [-0.39, 0.29) is 17.9 Å². The van der Waals surface area contributed by atoms with Crippen molar-refractivity contribution in [3.8, 4) is 5.75 Å². The zero-order chi connectivity index (χ0) is 18.4. The molecule has 146 valence electrons. The fraction of sp³-hybridized carbons (Fsp3) is 0.696. The number of β-amino-alcohol motifs (C(OH)–C–C–N with tert-alkyl or cyclic N) is 1. The lowest BCUT2D eigenvalue weighted by molar-refractivity contribution is -0.0267. The van der Waals surface area contributed by atoms with Gasteiger partial charge in [0.15, 0.2) is 5.78 Å². The van der Waals surface area contributed by atoms with Crippen LogP contribution in [0.4, 0.5) is 0 Å². The Kier molecular flexibility index (Phi) is 4.52. The molecule has 5 aliphatic carbocycles. The highest BCUT2D eigenvalue weighted by molar-refractivity contribution is 5.99. The molecule has 4 nitrogen and oxygen atoms in total. The van der Waals surface area contributed by atoms with Gasteiger partial charge in [-0.25, -0.2) is 0 Å². The number of nitrogens with one attached hydrogen (secondary N) is 1. The van der Waals surface area contributed by atoms with Crippen molar-refractivity contribution in [3.63, 3.8) is 0 Å². The average Bonchev–Trinajstić information content (AvgIpc) is 2.64. The molecule has 0 saturated heterocycles. The van der Waals surface area contributed by atoms with Gasteiger partial charge >= 0.3 is 0 Å². The molecule has 0 unspecified atom stereocenters. The molecule has 0 aliphatic heterocycles. The number of carbonyl (C=O) groups excluding carboxylic acids is 1. The molecule has 2 N–H and O–H groups in total. The molecule has 4 bridgehead atoms. The number of benzene rings is 1. The first-order valence-corrected chi connectivity index (χ1v) is 10.8. The van der Waals surface area contributed by atoms with E-state index >= 15 is 0 Å². The summed E-state index contributed by atoms with van der Waals surface area (Å²) in [5.41, 5.74) is 2.10. The molecule has 0 heterocycles. The van der Waals surface area contributed by atoms with E-state index in [2.05, 4.69) is 5.32 Å². The fourth-order valence-electron chi connectivity index (χ4n) is 6.69. The number of aliphatic hydroxyl groups excluding tert-OH is 1. The standard InChI is InChI=1S/C23H31NO3/c25-18(13-24-23-10-15-7-16(11-23)9-17(8-15)12-23)14-27-22-6-2-3-19-20(22)4-1-5-21(19)26/h2-3,6,15-18,24-25H,1,4-5,7-14H2/t15?,16?,17?,18-,23?/m1/s1. The molecule has 4 heteroatoms. The van der Waals surface area contributed by atoms with Crippen LogP contribution >= 0.6 is 0 Å². The first-order valence-electron chi connectivity index (χ1n) is 10.8. The number of ether oxygens (including phenoxy) is 1. The normalized spacial score (nSPS) is 35.1. The Morgan fingerprint density at radius 1 is 1.11 bits per heavy atom. The van der Waals surface area contributed by atoms with Gasteiger partial charge in [-0.15, -0.1) is 0 Å². The van der Waals surface area contributed by atoms with E-state index in [1.807, 2.05) is 18.2 Å². The zero-order valence-corrected chi connectivity index (χ0v) is 16.1. The Bertz CT molecular complexity index is 693. The smallest absolute Gasteiger partial charge is 0.163 e. The quantitative estimate of drug-likeness (QED) is 0.806. The second-order valence-electron chi connectivity index (χ2n) is 9.60. The van der Waals surface area contributed by atoms with Gasteiger partial charge in [-0.2, -0.15) is 0 Å². The van der Waals surface area contributed by atoms with Crippen LogP contribution in [0.1, 0.15) is 67.3 Å². The molecule has 1 atom stereocenters. The molecule has 4 saturated carbocycles. The lowest BCUT2D eigenvalue weighted by atomic mass is 9.53. The topological polar surface area (TPSA) is 58.6 Å². The summed E-state index contributed by atoms with van der Waals surface area (Å²) >= 11 is 0. The van der Waals surface area contributed by atoms with E-state index in [4.69, 9.17) is 4.74 Å². The molecule has 0 radical (unpaired) electrons. The highest BCUT2D eigenvalue weighted by atomic mass is 16.5. The van der Waals surface area contributed by atoms with Crippen molar-refractivity contribution in [3.05, 3.63) is 29.3 Å². The Morgan fingerprint density at radius 3 is 2.52 bits per heavy atom. The predicted molar refractivity (Wildman–Crippen MR) is 104 cm³/mol. The molecule has 0 spiro atoms. The molecular formula is C23H31NO3. The van der Waals surface area contributed by atoms with Crippen LogP contribution in [0.2, 0.25) is 0 Å². The number of carbonyl (C=O) groups is 1. The minimum Gasteiger partial charge on any atom is -0.491 e. The molecular weight excluding hydrogens is 338 g/mol. The second kappa shape index (κ2) is 6.89. The summed E-state index contributed by atoms with van der Waals surface area (Å²) in [5, 5.41) is 14.3. The first kappa shape index (κ1) is 17.7. The number of hydrogen-bond donors (Lipinski definition) is 2. The summed E-state index contributed by atoms with van der Waals surface area (Å²) < 4.78 is 5.94. The Hall–Kier alpha value is -1.39. The van der Waals surface area contributed by atoms with Crippen molar-refractivity contribution in [1.82, 2.24) is 5.32 Å². The number of aliphatic hydroxyl groups is 1. The van der Waals surface area contributed by atoms with Gasteiger partial charge in [0.2, 0.25) is 0 Å². The van der Waals surface area contributed by atoms with Crippen LogP contribution < -0.4 is 10.1 Å². The Labute approximate surface area is 161 Å². The summed E-state index contributed by atoms with van der Waals surface area (Å²) in [5.74, 6) is 3.71. The van der Waals surface area contributed by atoms with Gasteiger partial charge in [-0.05, 0) is 75.2 Å². The van der Waals surface area contributed by atoms with Gasteiger partial charge in [-0.1, -0.05) is 12.1 Å². The molecule has 1 aromatic carbocycles. The van der Waals surface area contributed by atoms with E-state index in [0.717, 1.165) is 47.5 Å². The van der Waals surface area contributed by atoms with Crippen molar-refractivity contribution >= 4 is 5.78 Å². The molecule has 5 aliphatic rings. The van der Waals surface area contributed by atoms with Gasteiger partial charge in [0.25, 0.3) is 0 Å². The van der Waals surface area contributed by atoms with Gasteiger partial charge in [0, 0.05) is 29.6 Å². The second-order valence-corrected chi connectivity index (χ2v) is 9.60. The van der Waals surface area contributed by atoms with E-state index in [0.29, 0.717) is 13.0 Å². The summed E-state index contributed by atoms with van der Waals surface area (Å²) in [7, 11) is 0. The molecule has 27 heavy (non-hydrogen) atoms. The lowest BCUT2D eigenvalue weighted by Crippen LogP contribution is -2.59. The van der Waals surface area contributed by atoms with Crippen LogP contribution in [0, 0.1) is 17.8 Å². The summed E-state index contributed by atoms with van der Waals surface area (Å²) in [4.78, 5) is 12.1. The van der Waals surface area contributed by atoms with Crippen molar-refractivity contribution in [1.29, 1.82) is 0 Å². The number of Topliss-reactive ketones (excluding diaryl/α,β-unsaturated/α-hetero) is 1. The van der Waals surface area contributed by atoms with Gasteiger partial charge in [-0.3, -0.25) is 4.79 Å². The van der Waals surface area contributed by atoms with Gasteiger partial charge in [0.05, 0.1) is 0 Å². The van der Waals surface area contributed by atoms with Crippen molar-refractivity contribution in [2.45, 2.75) is 69.4 Å². The highest BCUT2D eigenvalue weighted by Crippen LogP contribution is 2.55.